The molecule has 1 aromatic carbocycles. The molecule has 0 saturated heterocycles. The molecule has 0 aliphatic heterocycles. The van der Waals surface area contributed by atoms with E-state index in [1.54, 1.807) is 12.3 Å². The third-order valence-corrected chi connectivity index (χ3v) is 3.56. The van der Waals surface area contributed by atoms with Crippen molar-refractivity contribution in [1.29, 1.82) is 0 Å². The van der Waals surface area contributed by atoms with E-state index in [1.165, 1.54) is 0 Å². The molecule has 0 aliphatic rings. The highest BCUT2D eigenvalue weighted by Crippen LogP contribution is 2.21. The lowest BCUT2D eigenvalue weighted by atomic mass is 10.1. The molecule has 0 aliphatic carbocycles. The number of aliphatic hydroxyl groups excluding tert-OH is 1. The average molecular weight is 287 g/mol. The van der Waals surface area contributed by atoms with Crippen LogP contribution >= 0.6 is 0 Å². The summed E-state index contributed by atoms with van der Waals surface area (Å²) in [6.07, 6.45) is 1.58. The van der Waals surface area contributed by atoms with Crippen molar-refractivity contribution in [3.63, 3.8) is 0 Å². The molecule has 3 rings (SSSR count). The van der Waals surface area contributed by atoms with Crippen LogP contribution in [0.1, 0.15) is 30.3 Å². The molecule has 0 spiro atoms. The molecule has 2 unspecified atom stereocenters. The molecule has 0 amide bonds. The topological polar surface area (TPSA) is 94.0 Å². The lowest BCUT2D eigenvalue weighted by Crippen LogP contribution is -2.27. The Bertz CT molecular complexity index is 773. The molecule has 0 saturated carbocycles. The molecule has 2 heterocycles. The second-order valence-electron chi connectivity index (χ2n) is 5.02. The summed E-state index contributed by atoms with van der Waals surface area (Å²) in [5.41, 5.74) is 2.35. The Balaban J connectivity index is 1.82. The lowest BCUT2D eigenvalue weighted by molar-refractivity contribution is 0.217. The van der Waals surface area contributed by atoms with Gasteiger partial charge in [-0.1, -0.05) is 6.07 Å². The maximum Gasteiger partial charge on any atom is 0.323 e. The van der Waals surface area contributed by atoms with E-state index in [4.69, 9.17) is 4.42 Å². The van der Waals surface area contributed by atoms with E-state index in [0.29, 0.717) is 5.76 Å². The van der Waals surface area contributed by atoms with Crippen molar-refractivity contribution in [3.8, 4) is 0 Å². The van der Waals surface area contributed by atoms with Crippen LogP contribution in [0.5, 0.6) is 0 Å². The van der Waals surface area contributed by atoms with E-state index in [1.807, 2.05) is 31.2 Å². The molecule has 6 heteroatoms. The van der Waals surface area contributed by atoms with Gasteiger partial charge in [-0.15, -0.1) is 0 Å². The van der Waals surface area contributed by atoms with Gasteiger partial charge in [0.2, 0.25) is 0 Å². The summed E-state index contributed by atoms with van der Waals surface area (Å²) in [4.78, 5) is 16.7. The fraction of sp³-hybridized carbons (Fsp3) is 0.267. The summed E-state index contributed by atoms with van der Waals surface area (Å²) in [5.74, 6) is 0.695. The Kier molecular flexibility index (Phi) is 3.64. The quantitative estimate of drug-likeness (QED) is 0.576. The zero-order valence-electron chi connectivity index (χ0n) is 11.6. The number of aromatic nitrogens is 2. The number of furan rings is 1. The molecule has 0 bridgehead atoms. The van der Waals surface area contributed by atoms with Gasteiger partial charge in [0.1, 0.15) is 5.76 Å². The summed E-state index contributed by atoms with van der Waals surface area (Å²) in [7, 11) is 0. The smallest absolute Gasteiger partial charge is 0.323 e. The Morgan fingerprint density at radius 1 is 1.29 bits per heavy atom. The summed E-state index contributed by atoms with van der Waals surface area (Å²) in [5, 5.41) is 12.8. The number of imidazole rings is 1. The maximum atomic E-state index is 11.3. The number of rotatable bonds is 5. The molecular weight excluding hydrogens is 270 g/mol. The minimum atomic E-state index is -0.268. The molecule has 2 atom stereocenters. The zero-order chi connectivity index (χ0) is 14.8. The van der Waals surface area contributed by atoms with Gasteiger partial charge in [-0.25, -0.2) is 4.79 Å². The number of benzene rings is 1. The van der Waals surface area contributed by atoms with Gasteiger partial charge < -0.3 is 19.5 Å². The number of aromatic amines is 2. The minimum absolute atomic E-state index is 0.00458. The summed E-state index contributed by atoms with van der Waals surface area (Å²) < 4.78 is 5.32. The minimum Gasteiger partial charge on any atom is -0.468 e. The van der Waals surface area contributed by atoms with Crippen molar-refractivity contribution < 1.29 is 9.52 Å². The van der Waals surface area contributed by atoms with Gasteiger partial charge in [0.15, 0.2) is 0 Å². The first-order chi connectivity index (χ1) is 10.2. The highest BCUT2D eigenvalue weighted by Gasteiger charge is 2.17. The summed E-state index contributed by atoms with van der Waals surface area (Å²) in [6, 6.07) is 9.07. The predicted molar refractivity (Wildman–Crippen MR) is 79.0 cm³/mol. The first-order valence-corrected chi connectivity index (χ1v) is 6.79. The van der Waals surface area contributed by atoms with Gasteiger partial charge >= 0.3 is 5.69 Å². The number of hydrogen-bond donors (Lipinski definition) is 4. The Hall–Kier alpha value is -2.31. The normalized spacial score (nSPS) is 14.4. The average Bonchev–Trinajstić information content (AvgIpc) is 3.11. The standard InChI is InChI=1S/C15H17N3O3/c1-9(16-13(8-19)14-3-2-6-21-14)10-4-5-11-12(7-10)18-15(20)17-11/h2-7,9,13,16,19H,8H2,1H3,(H2,17,18,20). The van der Waals surface area contributed by atoms with E-state index >= 15 is 0 Å². The van der Waals surface area contributed by atoms with Gasteiger partial charge in [-0.05, 0) is 36.8 Å². The van der Waals surface area contributed by atoms with Gasteiger partial charge in [0, 0.05) is 6.04 Å². The van der Waals surface area contributed by atoms with Crippen LogP contribution in [0.2, 0.25) is 0 Å². The Labute approximate surface area is 120 Å². The first kappa shape index (κ1) is 13.7. The van der Waals surface area contributed by atoms with Crippen LogP contribution in [0.15, 0.2) is 45.8 Å². The molecule has 6 nitrogen and oxygen atoms in total. The highest BCUT2D eigenvalue weighted by atomic mass is 16.3. The fourth-order valence-electron chi connectivity index (χ4n) is 2.43. The second kappa shape index (κ2) is 5.59. The van der Waals surface area contributed by atoms with Crippen LogP contribution in [0.4, 0.5) is 0 Å². The monoisotopic (exact) mass is 287 g/mol. The largest absolute Gasteiger partial charge is 0.468 e. The van der Waals surface area contributed by atoms with E-state index in [0.717, 1.165) is 16.6 Å². The van der Waals surface area contributed by atoms with Crippen molar-refractivity contribution in [1.82, 2.24) is 15.3 Å². The number of hydrogen-bond acceptors (Lipinski definition) is 4. The Morgan fingerprint density at radius 2 is 2.10 bits per heavy atom. The number of H-pyrrole nitrogens is 2. The van der Waals surface area contributed by atoms with Gasteiger partial charge in [0.05, 0.1) is 29.9 Å². The number of nitrogens with one attached hydrogen (secondary N) is 3. The highest BCUT2D eigenvalue weighted by molar-refractivity contribution is 5.75. The molecule has 3 aromatic rings. The second-order valence-corrected chi connectivity index (χ2v) is 5.02. The van der Waals surface area contributed by atoms with Crippen LogP contribution < -0.4 is 11.0 Å². The molecule has 110 valence electrons. The molecule has 4 N–H and O–H groups in total. The molecule has 0 fully saturated rings. The summed E-state index contributed by atoms with van der Waals surface area (Å²) >= 11 is 0. The fourth-order valence-corrected chi connectivity index (χ4v) is 2.43. The Morgan fingerprint density at radius 3 is 2.81 bits per heavy atom. The van der Waals surface area contributed by atoms with Crippen molar-refractivity contribution in [3.05, 3.63) is 58.4 Å². The molecule has 2 aromatic heterocycles. The van der Waals surface area contributed by atoms with Crippen LogP contribution in [0.25, 0.3) is 11.0 Å². The van der Waals surface area contributed by atoms with Crippen LogP contribution in [0, 0.1) is 0 Å². The van der Waals surface area contributed by atoms with E-state index in [2.05, 4.69) is 15.3 Å². The maximum absolute atomic E-state index is 11.3. The lowest BCUT2D eigenvalue weighted by Gasteiger charge is -2.20. The molecular formula is C15H17N3O3. The molecule has 0 radical (unpaired) electrons. The molecule has 21 heavy (non-hydrogen) atoms. The van der Waals surface area contributed by atoms with E-state index in [-0.39, 0.29) is 24.4 Å². The van der Waals surface area contributed by atoms with Crippen molar-refractivity contribution in [2.75, 3.05) is 6.61 Å². The van der Waals surface area contributed by atoms with Crippen molar-refractivity contribution >= 4 is 11.0 Å². The van der Waals surface area contributed by atoms with E-state index < -0.39 is 0 Å². The van der Waals surface area contributed by atoms with Gasteiger partial charge in [-0.3, -0.25) is 5.32 Å². The van der Waals surface area contributed by atoms with Crippen molar-refractivity contribution in [2.24, 2.45) is 0 Å². The third kappa shape index (κ3) is 2.76. The van der Waals surface area contributed by atoms with Crippen LogP contribution in [-0.2, 0) is 0 Å². The number of fused-ring (bicyclic) bond motifs is 1. The van der Waals surface area contributed by atoms with E-state index in [9.17, 15) is 9.90 Å². The van der Waals surface area contributed by atoms with Crippen molar-refractivity contribution in [2.45, 2.75) is 19.0 Å². The zero-order valence-corrected chi connectivity index (χ0v) is 11.6. The van der Waals surface area contributed by atoms with Crippen LogP contribution in [-0.4, -0.2) is 21.7 Å². The summed E-state index contributed by atoms with van der Waals surface area (Å²) in [6.45, 7) is 1.94. The van der Waals surface area contributed by atoms with Crippen LogP contribution in [0.3, 0.4) is 0 Å². The predicted octanol–water partition coefficient (Wildman–Crippen LogP) is 1.83. The van der Waals surface area contributed by atoms with Gasteiger partial charge in [0.25, 0.3) is 0 Å². The van der Waals surface area contributed by atoms with Gasteiger partial charge in [-0.2, -0.15) is 0 Å². The SMILES string of the molecule is CC(NC(CO)c1ccco1)c1ccc2[nH]c(=O)[nH]c2c1. The third-order valence-electron chi connectivity index (χ3n) is 3.56. The number of aliphatic hydroxyl groups is 1. The first-order valence-electron chi connectivity index (χ1n) is 6.79.